The molecule has 1 heteroatoms. The Morgan fingerprint density at radius 3 is 2.47 bits per heavy atom. The predicted octanol–water partition coefficient (Wildman–Crippen LogP) is 3.95. The van der Waals surface area contributed by atoms with Crippen molar-refractivity contribution in [1.82, 2.24) is 5.32 Å². The third-order valence-electron chi connectivity index (χ3n) is 3.04. The van der Waals surface area contributed by atoms with E-state index in [2.05, 4.69) is 63.0 Å². The van der Waals surface area contributed by atoms with Crippen molar-refractivity contribution >= 4 is 0 Å². The molecule has 0 aromatic heterocycles. The van der Waals surface area contributed by atoms with Gasteiger partial charge >= 0.3 is 0 Å². The second-order valence-corrected chi connectivity index (χ2v) is 5.50. The van der Waals surface area contributed by atoms with Gasteiger partial charge < -0.3 is 5.32 Å². The summed E-state index contributed by atoms with van der Waals surface area (Å²) in [5.41, 5.74) is 2.87. The summed E-state index contributed by atoms with van der Waals surface area (Å²) >= 11 is 0. The molecule has 1 rings (SSSR count). The fourth-order valence-corrected chi connectivity index (χ4v) is 1.80. The molecule has 1 nitrogen and oxygen atoms in total. The topological polar surface area (TPSA) is 12.0 Å². The SMILES string of the molecule is C=C(C)CCNC(C)(C)CCc1ccccc1. The summed E-state index contributed by atoms with van der Waals surface area (Å²) < 4.78 is 0. The maximum absolute atomic E-state index is 3.93. The number of rotatable bonds is 7. The quantitative estimate of drug-likeness (QED) is 0.701. The van der Waals surface area contributed by atoms with Gasteiger partial charge in [0, 0.05) is 5.54 Å². The molecule has 0 aliphatic heterocycles. The first kappa shape index (κ1) is 14.0. The Hall–Kier alpha value is -1.08. The van der Waals surface area contributed by atoms with Gasteiger partial charge in [-0.05, 0) is 52.1 Å². The van der Waals surface area contributed by atoms with Crippen LogP contribution in [0.4, 0.5) is 0 Å². The van der Waals surface area contributed by atoms with Crippen LogP contribution >= 0.6 is 0 Å². The summed E-state index contributed by atoms with van der Waals surface area (Å²) in [4.78, 5) is 0. The number of benzene rings is 1. The Balaban J connectivity index is 2.31. The van der Waals surface area contributed by atoms with Crippen molar-refractivity contribution in [1.29, 1.82) is 0 Å². The second-order valence-electron chi connectivity index (χ2n) is 5.50. The van der Waals surface area contributed by atoms with Gasteiger partial charge in [0.25, 0.3) is 0 Å². The number of hydrogen-bond acceptors (Lipinski definition) is 1. The van der Waals surface area contributed by atoms with E-state index in [4.69, 9.17) is 0 Å². The average molecular weight is 231 g/mol. The van der Waals surface area contributed by atoms with E-state index in [1.54, 1.807) is 0 Å². The van der Waals surface area contributed by atoms with Crippen LogP contribution in [0.15, 0.2) is 42.5 Å². The molecule has 0 amide bonds. The molecule has 0 fully saturated rings. The third-order valence-corrected chi connectivity index (χ3v) is 3.04. The molecular weight excluding hydrogens is 206 g/mol. The van der Waals surface area contributed by atoms with Crippen molar-refractivity contribution in [3.8, 4) is 0 Å². The first-order valence-corrected chi connectivity index (χ1v) is 6.43. The van der Waals surface area contributed by atoms with Gasteiger partial charge in [0.2, 0.25) is 0 Å². The normalized spacial score (nSPS) is 11.5. The third kappa shape index (κ3) is 6.28. The van der Waals surface area contributed by atoms with Crippen LogP contribution in [-0.2, 0) is 6.42 Å². The Bertz CT molecular complexity index is 338. The summed E-state index contributed by atoms with van der Waals surface area (Å²) in [5.74, 6) is 0. The lowest BCUT2D eigenvalue weighted by Gasteiger charge is -2.26. The van der Waals surface area contributed by atoms with Crippen molar-refractivity contribution in [2.45, 2.75) is 45.6 Å². The summed E-state index contributed by atoms with van der Waals surface area (Å²) in [7, 11) is 0. The van der Waals surface area contributed by atoms with Crippen LogP contribution in [-0.4, -0.2) is 12.1 Å². The Morgan fingerprint density at radius 1 is 1.24 bits per heavy atom. The highest BCUT2D eigenvalue weighted by atomic mass is 14.9. The average Bonchev–Trinajstić information content (AvgIpc) is 2.27. The van der Waals surface area contributed by atoms with Gasteiger partial charge in [0.1, 0.15) is 0 Å². The largest absolute Gasteiger partial charge is 0.311 e. The summed E-state index contributed by atoms with van der Waals surface area (Å²) in [6.45, 7) is 11.6. The van der Waals surface area contributed by atoms with Gasteiger partial charge in [-0.25, -0.2) is 0 Å². The van der Waals surface area contributed by atoms with Gasteiger partial charge in [-0.1, -0.05) is 35.9 Å². The highest BCUT2D eigenvalue weighted by Crippen LogP contribution is 2.13. The maximum Gasteiger partial charge on any atom is 0.0128 e. The van der Waals surface area contributed by atoms with Gasteiger partial charge in [-0.3, -0.25) is 0 Å². The molecule has 0 atom stereocenters. The van der Waals surface area contributed by atoms with Gasteiger partial charge in [-0.15, -0.1) is 6.58 Å². The summed E-state index contributed by atoms with van der Waals surface area (Å²) in [6, 6.07) is 10.7. The van der Waals surface area contributed by atoms with Crippen LogP contribution in [0.1, 0.15) is 39.2 Å². The van der Waals surface area contributed by atoms with E-state index < -0.39 is 0 Å². The molecule has 0 saturated heterocycles. The fourth-order valence-electron chi connectivity index (χ4n) is 1.80. The first-order chi connectivity index (χ1) is 7.99. The molecule has 94 valence electrons. The van der Waals surface area contributed by atoms with E-state index in [1.807, 2.05) is 0 Å². The lowest BCUT2D eigenvalue weighted by atomic mass is 9.95. The fraction of sp³-hybridized carbons (Fsp3) is 0.500. The van der Waals surface area contributed by atoms with Crippen molar-refractivity contribution < 1.29 is 0 Å². The molecular formula is C16H25N. The smallest absolute Gasteiger partial charge is 0.0128 e. The molecule has 0 aliphatic carbocycles. The minimum Gasteiger partial charge on any atom is -0.311 e. The molecule has 0 unspecified atom stereocenters. The Kier molecular flexibility index (Phi) is 5.43. The van der Waals surface area contributed by atoms with Gasteiger partial charge in [-0.2, -0.15) is 0 Å². The van der Waals surface area contributed by atoms with E-state index in [9.17, 15) is 0 Å². The molecule has 0 spiro atoms. The monoisotopic (exact) mass is 231 g/mol. The van der Waals surface area contributed by atoms with Gasteiger partial charge in [0.05, 0.1) is 0 Å². The zero-order chi connectivity index (χ0) is 12.7. The maximum atomic E-state index is 3.93. The van der Waals surface area contributed by atoms with Crippen molar-refractivity contribution in [3.05, 3.63) is 48.0 Å². The molecule has 1 N–H and O–H groups in total. The highest BCUT2D eigenvalue weighted by Gasteiger charge is 2.15. The molecule has 0 saturated carbocycles. The molecule has 0 heterocycles. The van der Waals surface area contributed by atoms with Crippen molar-refractivity contribution in [2.24, 2.45) is 0 Å². The van der Waals surface area contributed by atoms with Crippen LogP contribution in [0.5, 0.6) is 0 Å². The molecule has 0 radical (unpaired) electrons. The minimum absolute atomic E-state index is 0.200. The number of nitrogens with one attached hydrogen (secondary N) is 1. The molecule has 0 bridgehead atoms. The zero-order valence-electron chi connectivity index (χ0n) is 11.4. The van der Waals surface area contributed by atoms with Crippen LogP contribution < -0.4 is 5.32 Å². The zero-order valence-corrected chi connectivity index (χ0v) is 11.4. The number of aryl methyl sites for hydroxylation is 1. The van der Waals surface area contributed by atoms with E-state index >= 15 is 0 Å². The minimum atomic E-state index is 0.200. The van der Waals surface area contributed by atoms with Gasteiger partial charge in [0.15, 0.2) is 0 Å². The molecule has 0 aliphatic rings. The standard InChI is InChI=1S/C16H25N/c1-14(2)11-13-17-16(3,4)12-10-15-8-6-5-7-9-15/h5-9,17H,1,10-13H2,2-4H3. The molecule has 17 heavy (non-hydrogen) atoms. The Morgan fingerprint density at radius 2 is 1.88 bits per heavy atom. The van der Waals surface area contributed by atoms with Crippen molar-refractivity contribution in [3.63, 3.8) is 0 Å². The molecule has 1 aromatic rings. The van der Waals surface area contributed by atoms with Crippen LogP contribution in [0.2, 0.25) is 0 Å². The van der Waals surface area contributed by atoms with E-state index in [1.165, 1.54) is 11.1 Å². The number of hydrogen-bond donors (Lipinski definition) is 1. The van der Waals surface area contributed by atoms with Crippen LogP contribution in [0.3, 0.4) is 0 Å². The summed E-state index contributed by atoms with van der Waals surface area (Å²) in [6.07, 6.45) is 3.36. The van der Waals surface area contributed by atoms with Crippen LogP contribution in [0.25, 0.3) is 0 Å². The highest BCUT2D eigenvalue weighted by molar-refractivity contribution is 5.15. The lowest BCUT2D eigenvalue weighted by molar-refractivity contribution is 0.365. The Labute approximate surface area is 106 Å². The predicted molar refractivity (Wildman–Crippen MR) is 76.3 cm³/mol. The lowest BCUT2D eigenvalue weighted by Crippen LogP contribution is -2.40. The van der Waals surface area contributed by atoms with E-state index in [0.717, 1.165) is 25.8 Å². The van der Waals surface area contributed by atoms with E-state index in [-0.39, 0.29) is 5.54 Å². The van der Waals surface area contributed by atoms with Crippen LogP contribution in [0, 0.1) is 0 Å². The summed E-state index contributed by atoms with van der Waals surface area (Å²) in [5, 5.41) is 3.60. The van der Waals surface area contributed by atoms with Crippen molar-refractivity contribution in [2.75, 3.05) is 6.54 Å². The second kappa shape index (κ2) is 6.61. The molecule has 1 aromatic carbocycles. The first-order valence-electron chi connectivity index (χ1n) is 6.43. The van der Waals surface area contributed by atoms with E-state index in [0.29, 0.717) is 0 Å².